The van der Waals surface area contributed by atoms with Crippen LogP contribution in [0.5, 0.6) is 0 Å². The Balaban J connectivity index is 1.87. The van der Waals surface area contributed by atoms with Gasteiger partial charge < -0.3 is 9.84 Å². The van der Waals surface area contributed by atoms with Crippen LogP contribution in [-0.4, -0.2) is 47.0 Å². The lowest BCUT2D eigenvalue weighted by atomic mass is 9.83. The summed E-state index contributed by atoms with van der Waals surface area (Å²) in [7, 11) is -3.61. The van der Waals surface area contributed by atoms with Crippen LogP contribution < -0.4 is 0 Å². The average molecular weight is 382 g/mol. The molecule has 2 fully saturated rings. The molecular formula is C15H24ClNO4S2. The van der Waals surface area contributed by atoms with Crippen LogP contribution in [0.3, 0.4) is 0 Å². The van der Waals surface area contributed by atoms with E-state index >= 15 is 0 Å². The molecular weight excluding hydrogens is 358 g/mol. The third-order valence-corrected chi connectivity index (χ3v) is 9.07. The molecule has 2 heterocycles. The summed E-state index contributed by atoms with van der Waals surface area (Å²) in [6.07, 6.45) is 5.16. The second-order valence-electron chi connectivity index (χ2n) is 6.98. The first-order chi connectivity index (χ1) is 10.7. The van der Waals surface area contributed by atoms with Crippen LogP contribution in [0.15, 0.2) is 10.3 Å². The second-order valence-corrected chi connectivity index (χ2v) is 11.1. The predicted octanol–water partition coefficient (Wildman–Crippen LogP) is 2.85. The third kappa shape index (κ3) is 3.46. The van der Waals surface area contributed by atoms with Gasteiger partial charge >= 0.3 is 0 Å². The maximum atomic E-state index is 13.2. The van der Waals surface area contributed by atoms with Crippen LogP contribution in [-0.2, 0) is 14.8 Å². The van der Waals surface area contributed by atoms with E-state index in [1.165, 1.54) is 11.8 Å². The monoisotopic (exact) mass is 381 g/mol. The highest BCUT2D eigenvalue weighted by Gasteiger charge is 2.52. The van der Waals surface area contributed by atoms with Gasteiger partial charge in [-0.1, -0.05) is 17.8 Å². The molecule has 0 radical (unpaired) electrons. The molecule has 2 atom stereocenters. The number of halogens is 1. The Morgan fingerprint density at radius 1 is 1.35 bits per heavy atom. The molecule has 1 saturated carbocycles. The molecule has 0 amide bonds. The van der Waals surface area contributed by atoms with Gasteiger partial charge in [0.15, 0.2) is 0 Å². The van der Waals surface area contributed by atoms with Crippen molar-refractivity contribution in [3.05, 3.63) is 10.3 Å². The zero-order chi connectivity index (χ0) is 16.8. The van der Waals surface area contributed by atoms with Crippen molar-refractivity contribution in [1.82, 2.24) is 4.31 Å². The van der Waals surface area contributed by atoms with Crippen molar-refractivity contribution in [3.63, 3.8) is 0 Å². The molecule has 2 unspecified atom stereocenters. The topological polar surface area (TPSA) is 66.8 Å². The molecule has 1 aliphatic carbocycles. The Kier molecular flexibility index (Phi) is 5.09. The molecule has 5 nitrogen and oxygen atoms in total. The standard InChI is InChI=1S/C15H24ClNO4S2/c1-15(2)17(23(19,20)14-8-7-13(16)22-14)12(9-21-15)10-3-5-11(18)6-4-10/h8,10-13,18H,3-7,9H2,1-2H3. The molecule has 8 heteroatoms. The maximum absolute atomic E-state index is 13.2. The van der Waals surface area contributed by atoms with E-state index in [-0.39, 0.29) is 22.8 Å². The highest BCUT2D eigenvalue weighted by atomic mass is 35.5. The molecule has 1 saturated heterocycles. The highest BCUT2D eigenvalue weighted by molar-refractivity contribution is 8.19. The molecule has 2 aliphatic heterocycles. The van der Waals surface area contributed by atoms with Crippen molar-refractivity contribution in [2.45, 2.75) is 68.5 Å². The quantitative estimate of drug-likeness (QED) is 0.761. The summed E-state index contributed by atoms with van der Waals surface area (Å²) in [6.45, 7) is 4.02. The molecule has 23 heavy (non-hydrogen) atoms. The van der Waals surface area contributed by atoms with Crippen molar-refractivity contribution in [3.8, 4) is 0 Å². The first-order valence-corrected chi connectivity index (χ1v) is 10.8. The number of thioether (sulfide) groups is 1. The minimum absolute atomic E-state index is 0.168. The van der Waals surface area contributed by atoms with Gasteiger partial charge in [-0.25, -0.2) is 8.42 Å². The number of nitrogens with zero attached hydrogens (tertiary/aromatic N) is 1. The first-order valence-electron chi connectivity index (χ1n) is 8.09. The number of hydrogen-bond donors (Lipinski definition) is 1. The summed E-state index contributed by atoms with van der Waals surface area (Å²) >= 11 is 7.27. The van der Waals surface area contributed by atoms with Gasteiger partial charge in [0.1, 0.15) is 9.96 Å². The van der Waals surface area contributed by atoms with E-state index in [9.17, 15) is 13.5 Å². The van der Waals surface area contributed by atoms with Gasteiger partial charge in [-0.05, 0) is 51.9 Å². The Morgan fingerprint density at radius 2 is 2.00 bits per heavy atom. The van der Waals surface area contributed by atoms with Crippen LogP contribution in [0, 0.1) is 5.92 Å². The summed E-state index contributed by atoms with van der Waals surface area (Å²) in [4.78, 5) is 0. The van der Waals surface area contributed by atoms with Gasteiger partial charge in [-0.2, -0.15) is 4.31 Å². The summed E-state index contributed by atoms with van der Waals surface area (Å²) in [5, 5.41) is 9.71. The van der Waals surface area contributed by atoms with E-state index in [0.29, 0.717) is 17.3 Å². The normalized spacial score (nSPS) is 38.7. The van der Waals surface area contributed by atoms with Crippen molar-refractivity contribution >= 4 is 33.4 Å². The van der Waals surface area contributed by atoms with Gasteiger partial charge in [0.2, 0.25) is 0 Å². The van der Waals surface area contributed by atoms with Crippen LogP contribution in [0.4, 0.5) is 0 Å². The number of alkyl halides is 1. The molecule has 0 aromatic heterocycles. The summed E-state index contributed by atoms with van der Waals surface area (Å²) in [5.74, 6) is 0.230. The molecule has 3 rings (SSSR count). The number of aliphatic hydroxyl groups excluding tert-OH is 1. The fraction of sp³-hybridized carbons (Fsp3) is 0.867. The van der Waals surface area contributed by atoms with E-state index < -0.39 is 15.7 Å². The second kappa shape index (κ2) is 6.50. The summed E-state index contributed by atoms with van der Waals surface area (Å²) in [5.41, 5.74) is -0.856. The van der Waals surface area contributed by atoms with E-state index in [2.05, 4.69) is 0 Å². The van der Waals surface area contributed by atoms with Crippen LogP contribution in [0.1, 0.15) is 46.0 Å². The third-order valence-electron chi connectivity index (χ3n) is 4.95. The van der Waals surface area contributed by atoms with Crippen molar-refractivity contribution in [1.29, 1.82) is 0 Å². The molecule has 132 valence electrons. The number of aliphatic hydroxyl groups is 1. The predicted molar refractivity (Wildman–Crippen MR) is 92.5 cm³/mol. The lowest BCUT2D eigenvalue weighted by Crippen LogP contribution is -2.50. The lowest BCUT2D eigenvalue weighted by Gasteiger charge is -2.37. The summed E-state index contributed by atoms with van der Waals surface area (Å²) < 4.78 is 33.8. The van der Waals surface area contributed by atoms with Crippen molar-refractivity contribution < 1.29 is 18.3 Å². The van der Waals surface area contributed by atoms with Crippen LogP contribution in [0.2, 0.25) is 0 Å². The van der Waals surface area contributed by atoms with Crippen molar-refractivity contribution in [2.75, 3.05) is 6.61 Å². The minimum Gasteiger partial charge on any atom is -0.393 e. The van der Waals surface area contributed by atoms with Crippen molar-refractivity contribution in [2.24, 2.45) is 5.92 Å². The molecule has 3 aliphatic rings. The summed E-state index contributed by atoms with van der Waals surface area (Å²) in [6, 6.07) is -0.168. The first kappa shape index (κ1) is 18.0. The van der Waals surface area contributed by atoms with Gasteiger partial charge in [-0.3, -0.25) is 0 Å². The molecule has 0 aromatic rings. The Labute approximate surface area is 147 Å². The molecule has 1 N–H and O–H groups in total. The van der Waals surface area contributed by atoms with Gasteiger partial charge in [0.25, 0.3) is 10.0 Å². The molecule has 0 bridgehead atoms. The molecule has 0 spiro atoms. The van der Waals surface area contributed by atoms with Gasteiger partial charge in [0, 0.05) is 0 Å². The van der Waals surface area contributed by atoms with E-state index in [0.717, 1.165) is 25.7 Å². The Bertz CT molecular complexity index is 584. The number of ether oxygens (including phenoxy) is 1. The lowest BCUT2D eigenvalue weighted by molar-refractivity contribution is -0.0163. The zero-order valence-corrected chi connectivity index (χ0v) is 15.8. The maximum Gasteiger partial charge on any atom is 0.251 e. The van der Waals surface area contributed by atoms with Gasteiger partial charge in [0.05, 0.1) is 23.5 Å². The largest absolute Gasteiger partial charge is 0.393 e. The van der Waals surface area contributed by atoms with E-state index in [1.807, 2.05) is 0 Å². The fourth-order valence-electron chi connectivity index (χ4n) is 3.78. The average Bonchev–Trinajstić information content (AvgIpc) is 3.03. The van der Waals surface area contributed by atoms with Crippen LogP contribution in [0.25, 0.3) is 0 Å². The zero-order valence-electron chi connectivity index (χ0n) is 13.4. The Hall–Kier alpha value is 0.210. The number of rotatable bonds is 3. The number of hydrogen-bond acceptors (Lipinski definition) is 5. The minimum atomic E-state index is -3.61. The van der Waals surface area contributed by atoms with Gasteiger partial charge in [-0.15, -0.1) is 11.6 Å². The SMILES string of the molecule is CC1(C)OCC(C2CCC(O)CC2)N1S(=O)(=O)C1=CCC(Cl)S1. The van der Waals surface area contributed by atoms with Crippen LogP contribution >= 0.6 is 23.4 Å². The Morgan fingerprint density at radius 3 is 2.57 bits per heavy atom. The van der Waals surface area contributed by atoms with E-state index in [4.69, 9.17) is 16.3 Å². The van der Waals surface area contributed by atoms with E-state index in [1.54, 1.807) is 24.2 Å². The fourth-order valence-corrected chi connectivity index (χ4v) is 7.75. The smallest absolute Gasteiger partial charge is 0.251 e. The molecule has 0 aromatic carbocycles. The highest BCUT2D eigenvalue weighted by Crippen LogP contribution is 2.45. The number of sulfonamides is 1. The number of allylic oxidation sites excluding steroid dienone is 1.